The van der Waals surface area contributed by atoms with Crippen molar-refractivity contribution in [3.63, 3.8) is 0 Å². The van der Waals surface area contributed by atoms with Crippen molar-refractivity contribution in [3.8, 4) is 5.75 Å². The van der Waals surface area contributed by atoms with E-state index in [1.807, 2.05) is 13.0 Å². The fourth-order valence-corrected chi connectivity index (χ4v) is 2.86. The highest BCUT2D eigenvalue weighted by Gasteiger charge is 2.25. The number of nitrogens with one attached hydrogen (secondary N) is 1. The Kier molecular flexibility index (Phi) is 4.83. The van der Waals surface area contributed by atoms with Gasteiger partial charge < -0.3 is 10.4 Å². The van der Waals surface area contributed by atoms with Crippen molar-refractivity contribution in [1.82, 2.24) is 10.2 Å². The maximum atomic E-state index is 10.4. The summed E-state index contributed by atoms with van der Waals surface area (Å²) in [5, 5.41) is 13.8. The lowest BCUT2D eigenvalue weighted by Gasteiger charge is -2.36. The van der Waals surface area contributed by atoms with Crippen molar-refractivity contribution in [2.75, 3.05) is 26.2 Å². The molecule has 0 bridgehead atoms. The molecule has 3 nitrogen and oxygen atoms in total. The number of benzene rings is 1. The second-order valence-corrected chi connectivity index (χ2v) is 5.94. The van der Waals surface area contributed by atoms with Crippen LogP contribution in [-0.4, -0.2) is 36.2 Å². The molecule has 1 aromatic carbocycles. The van der Waals surface area contributed by atoms with Gasteiger partial charge in [-0.25, -0.2) is 0 Å². The highest BCUT2D eigenvalue weighted by molar-refractivity contribution is 5.41. The van der Waals surface area contributed by atoms with E-state index in [4.69, 9.17) is 0 Å². The van der Waals surface area contributed by atoms with E-state index in [-0.39, 0.29) is 0 Å². The molecule has 0 saturated carbocycles. The molecule has 0 unspecified atom stereocenters. The molecule has 1 fully saturated rings. The number of phenols is 1. The van der Waals surface area contributed by atoms with Crippen molar-refractivity contribution in [3.05, 3.63) is 29.3 Å². The molecule has 1 aliphatic rings. The number of phenolic OH excluding ortho intramolecular Hbond substituents is 1. The third-order valence-corrected chi connectivity index (χ3v) is 3.91. The molecule has 0 amide bonds. The van der Waals surface area contributed by atoms with Gasteiger partial charge in [-0.15, -0.1) is 0 Å². The number of hydrogen-bond acceptors (Lipinski definition) is 3. The van der Waals surface area contributed by atoms with E-state index in [1.165, 1.54) is 0 Å². The van der Waals surface area contributed by atoms with E-state index in [0.717, 1.165) is 43.7 Å². The van der Waals surface area contributed by atoms with Crippen LogP contribution in [-0.2, 0) is 0 Å². The molecule has 0 aromatic heterocycles. The predicted octanol–water partition coefficient (Wildman–Crippen LogP) is 2.69. The lowest BCUT2D eigenvalue weighted by molar-refractivity contribution is 0.151. The summed E-state index contributed by atoms with van der Waals surface area (Å²) in [5.41, 5.74) is 2.07. The monoisotopic (exact) mass is 262 g/mol. The summed E-state index contributed by atoms with van der Waals surface area (Å²) in [5.74, 6) is 1.10. The Hall–Kier alpha value is -1.06. The first-order chi connectivity index (χ1) is 9.09. The number of nitrogens with zero attached hydrogens (tertiary/aromatic N) is 1. The van der Waals surface area contributed by atoms with Gasteiger partial charge in [0.1, 0.15) is 5.75 Å². The van der Waals surface area contributed by atoms with Crippen molar-refractivity contribution in [2.24, 2.45) is 5.92 Å². The lowest BCUT2D eigenvalue weighted by atomic mass is 9.93. The molecular formula is C16H26N2O. The van der Waals surface area contributed by atoms with Gasteiger partial charge in [0.05, 0.1) is 0 Å². The summed E-state index contributed by atoms with van der Waals surface area (Å²) in [7, 11) is 0. The Labute approximate surface area is 116 Å². The molecule has 1 heterocycles. The predicted molar refractivity (Wildman–Crippen MR) is 79.5 cm³/mol. The van der Waals surface area contributed by atoms with Gasteiger partial charge in [0, 0.05) is 37.8 Å². The number of piperazine rings is 1. The van der Waals surface area contributed by atoms with E-state index < -0.39 is 0 Å². The quantitative estimate of drug-likeness (QED) is 0.876. The number of hydrogen-bond donors (Lipinski definition) is 2. The zero-order valence-corrected chi connectivity index (χ0v) is 12.3. The molecule has 19 heavy (non-hydrogen) atoms. The van der Waals surface area contributed by atoms with Crippen LogP contribution < -0.4 is 5.32 Å². The Balaban J connectivity index is 2.27. The molecule has 1 aromatic rings. The standard InChI is InChI=1S/C16H26N2O/c1-12(2)11-15(18-9-7-17-8-10-18)14-6-4-5-13(3)16(14)19/h4-6,12,15,17,19H,7-11H2,1-3H3/t15-/m0/s1. The van der Waals surface area contributed by atoms with E-state index in [1.54, 1.807) is 0 Å². The van der Waals surface area contributed by atoms with Gasteiger partial charge >= 0.3 is 0 Å². The summed E-state index contributed by atoms with van der Waals surface area (Å²) in [6, 6.07) is 6.45. The molecule has 3 heteroatoms. The molecule has 1 aliphatic heterocycles. The largest absolute Gasteiger partial charge is 0.507 e. The molecular weight excluding hydrogens is 236 g/mol. The van der Waals surface area contributed by atoms with E-state index in [2.05, 4.69) is 36.2 Å². The Morgan fingerprint density at radius 2 is 1.95 bits per heavy atom. The molecule has 2 N–H and O–H groups in total. The number of aryl methyl sites for hydroxylation is 1. The van der Waals surface area contributed by atoms with Gasteiger partial charge in [-0.2, -0.15) is 0 Å². The van der Waals surface area contributed by atoms with Crippen LogP contribution in [0.5, 0.6) is 5.75 Å². The third-order valence-electron chi connectivity index (χ3n) is 3.91. The summed E-state index contributed by atoms with van der Waals surface area (Å²) < 4.78 is 0. The van der Waals surface area contributed by atoms with Gasteiger partial charge in [0.15, 0.2) is 0 Å². The summed E-state index contributed by atoms with van der Waals surface area (Å²) in [4.78, 5) is 2.50. The minimum atomic E-state index is 0.335. The molecule has 1 atom stereocenters. The second-order valence-electron chi connectivity index (χ2n) is 5.94. The first-order valence-electron chi connectivity index (χ1n) is 7.33. The lowest BCUT2D eigenvalue weighted by Crippen LogP contribution is -2.45. The first kappa shape index (κ1) is 14.4. The third kappa shape index (κ3) is 3.48. The maximum Gasteiger partial charge on any atom is 0.123 e. The maximum absolute atomic E-state index is 10.4. The Morgan fingerprint density at radius 3 is 2.58 bits per heavy atom. The van der Waals surface area contributed by atoms with E-state index in [9.17, 15) is 5.11 Å². The van der Waals surface area contributed by atoms with Crippen molar-refractivity contribution in [2.45, 2.75) is 33.2 Å². The fourth-order valence-electron chi connectivity index (χ4n) is 2.86. The van der Waals surface area contributed by atoms with Gasteiger partial charge in [-0.05, 0) is 24.8 Å². The molecule has 0 aliphatic carbocycles. The zero-order valence-electron chi connectivity index (χ0n) is 12.3. The van der Waals surface area contributed by atoms with Gasteiger partial charge in [0.2, 0.25) is 0 Å². The van der Waals surface area contributed by atoms with Crippen LogP contribution in [0.4, 0.5) is 0 Å². The van der Waals surface area contributed by atoms with Crippen LogP contribution in [0.3, 0.4) is 0 Å². The summed E-state index contributed by atoms with van der Waals surface area (Å²) in [6.07, 6.45) is 1.09. The highest BCUT2D eigenvalue weighted by Crippen LogP contribution is 2.35. The van der Waals surface area contributed by atoms with E-state index in [0.29, 0.717) is 17.7 Å². The second kappa shape index (κ2) is 6.40. The fraction of sp³-hybridized carbons (Fsp3) is 0.625. The minimum Gasteiger partial charge on any atom is -0.507 e. The number of para-hydroxylation sites is 1. The Morgan fingerprint density at radius 1 is 1.26 bits per heavy atom. The molecule has 0 radical (unpaired) electrons. The first-order valence-corrected chi connectivity index (χ1v) is 7.33. The van der Waals surface area contributed by atoms with Crippen LogP contribution >= 0.6 is 0 Å². The molecule has 2 rings (SSSR count). The minimum absolute atomic E-state index is 0.335. The topological polar surface area (TPSA) is 35.5 Å². The van der Waals surface area contributed by atoms with Crippen molar-refractivity contribution < 1.29 is 5.11 Å². The Bertz CT molecular complexity index is 411. The van der Waals surface area contributed by atoms with Gasteiger partial charge in [0.25, 0.3) is 0 Å². The van der Waals surface area contributed by atoms with Crippen LogP contribution in [0.15, 0.2) is 18.2 Å². The summed E-state index contributed by atoms with van der Waals surface area (Å²) in [6.45, 7) is 10.7. The SMILES string of the molecule is Cc1cccc([C@H](CC(C)C)N2CCNCC2)c1O. The van der Waals surface area contributed by atoms with Crippen LogP contribution in [0.2, 0.25) is 0 Å². The zero-order chi connectivity index (χ0) is 13.8. The van der Waals surface area contributed by atoms with E-state index >= 15 is 0 Å². The van der Waals surface area contributed by atoms with Crippen molar-refractivity contribution >= 4 is 0 Å². The molecule has 1 saturated heterocycles. The van der Waals surface area contributed by atoms with Crippen LogP contribution in [0.1, 0.15) is 37.4 Å². The van der Waals surface area contributed by atoms with Gasteiger partial charge in [-0.3, -0.25) is 4.90 Å². The van der Waals surface area contributed by atoms with Crippen LogP contribution in [0, 0.1) is 12.8 Å². The number of aromatic hydroxyl groups is 1. The average molecular weight is 262 g/mol. The van der Waals surface area contributed by atoms with Gasteiger partial charge in [-0.1, -0.05) is 32.0 Å². The van der Waals surface area contributed by atoms with Crippen LogP contribution in [0.25, 0.3) is 0 Å². The average Bonchev–Trinajstić information content (AvgIpc) is 2.40. The van der Waals surface area contributed by atoms with Crippen molar-refractivity contribution in [1.29, 1.82) is 0 Å². The number of rotatable bonds is 4. The smallest absolute Gasteiger partial charge is 0.123 e. The highest BCUT2D eigenvalue weighted by atomic mass is 16.3. The summed E-state index contributed by atoms with van der Waals surface area (Å²) >= 11 is 0. The normalized spacial score (nSPS) is 18.7. The molecule has 106 valence electrons. The molecule has 0 spiro atoms.